The first kappa shape index (κ1) is 18.1. The van der Waals surface area contributed by atoms with Gasteiger partial charge in [0.25, 0.3) is 11.1 Å². The van der Waals surface area contributed by atoms with Gasteiger partial charge in [-0.15, -0.1) is 10.2 Å². The number of hydrogen-bond donors (Lipinski definition) is 1. The highest BCUT2D eigenvalue weighted by atomic mass is 32.2. The van der Waals surface area contributed by atoms with E-state index in [0.717, 1.165) is 17.8 Å². The molecule has 0 unspecified atom stereocenters. The second-order valence-electron chi connectivity index (χ2n) is 5.14. The number of amides is 1. The highest BCUT2D eigenvalue weighted by Gasteiger charge is 2.34. The molecule has 0 aliphatic carbocycles. The number of carbonyl (C=O) groups is 1. The molecule has 1 aromatic carbocycles. The normalized spacial score (nSPS) is 12.8. The highest BCUT2D eigenvalue weighted by Crippen LogP contribution is 2.35. The Balaban J connectivity index is 1.68. The SMILES string of the molecule is C[C@H](Sc1nnc(-c2ccco2)o1)C(=O)Nc1ccccc1C(F)(F)F. The fraction of sp³-hybridized carbons (Fsp3) is 0.188. The molecule has 0 bridgehead atoms. The van der Waals surface area contributed by atoms with Gasteiger partial charge in [0, 0.05) is 0 Å². The number of rotatable bonds is 5. The maximum atomic E-state index is 13.0. The fourth-order valence-electron chi connectivity index (χ4n) is 2.04. The Kier molecular flexibility index (Phi) is 5.03. The number of alkyl halides is 3. The van der Waals surface area contributed by atoms with Gasteiger partial charge in [0.15, 0.2) is 5.76 Å². The van der Waals surface area contributed by atoms with Crippen molar-refractivity contribution in [1.29, 1.82) is 0 Å². The molecule has 0 aliphatic heterocycles. The zero-order valence-corrected chi connectivity index (χ0v) is 14.1. The molecule has 10 heteroatoms. The van der Waals surface area contributed by atoms with E-state index >= 15 is 0 Å². The lowest BCUT2D eigenvalue weighted by molar-refractivity contribution is -0.137. The zero-order chi connectivity index (χ0) is 18.7. The minimum Gasteiger partial charge on any atom is -0.459 e. The van der Waals surface area contributed by atoms with Crippen LogP contribution in [0.1, 0.15) is 12.5 Å². The van der Waals surface area contributed by atoms with Crippen LogP contribution in [-0.4, -0.2) is 21.4 Å². The van der Waals surface area contributed by atoms with Crippen LogP contribution in [0.4, 0.5) is 18.9 Å². The summed E-state index contributed by atoms with van der Waals surface area (Å²) >= 11 is 0.927. The van der Waals surface area contributed by atoms with E-state index in [-0.39, 0.29) is 16.8 Å². The van der Waals surface area contributed by atoms with Crippen molar-refractivity contribution in [3.05, 3.63) is 48.2 Å². The lowest BCUT2D eigenvalue weighted by atomic mass is 10.1. The van der Waals surface area contributed by atoms with Crippen molar-refractivity contribution >= 4 is 23.4 Å². The molecule has 3 aromatic rings. The van der Waals surface area contributed by atoms with Gasteiger partial charge in [0.05, 0.1) is 22.8 Å². The van der Waals surface area contributed by atoms with Gasteiger partial charge in [-0.3, -0.25) is 4.79 Å². The van der Waals surface area contributed by atoms with E-state index in [1.54, 1.807) is 12.1 Å². The lowest BCUT2D eigenvalue weighted by Crippen LogP contribution is -2.24. The van der Waals surface area contributed by atoms with Crippen molar-refractivity contribution in [2.45, 2.75) is 23.6 Å². The molecule has 1 N–H and O–H groups in total. The Bertz CT molecular complexity index is 894. The molecule has 1 atom stereocenters. The Morgan fingerprint density at radius 2 is 1.96 bits per heavy atom. The summed E-state index contributed by atoms with van der Waals surface area (Å²) in [5.74, 6) is -0.0995. The summed E-state index contributed by atoms with van der Waals surface area (Å²) in [7, 11) is 0. The van der Waals surface area contributed by atoms with Gasteiger partial charge in [-0.05, 0) is 31.2 Å². The molecule has 136 valence electrons. The number of para-hydroxylation sites is 1. The lowest BCUT2D eigenvalue weighted by Gasteiger charge is -2.15. The number of thioether (sulfide) groups is 1. The summed E-state index contributed by atoms with van der Waals surface area (Å²) in [6, 6.07) is 8.05. The summed E-state index contributed by atoms with van der Waals surface area (Å²) in [5.41, 5.74) is -1.22. The van der Waals surface area contributed by atoms with E-state index in [0.29, 0.717) is 5.76 Å². The smallest absolute Gasteiger partial charge is 0.418 e. The minimum atomic E-state index is -4.56. The van der Waals surface area contributed by atoms with E-state index in [1.807, 2.05) is 0 Å². The third kappa shape index (κ3) is 4.07. The second-order valence-corrected chi connectivity index (χ2v) is 6.44. The summed E-state index contributed by atoms with van der Waals surface area (Å²) in [4.78, 5) is 12.2. The molecule has 2 aromatic heterocycles. The van der Waals surface area contributed by atoms with Gasteiger partial charge in [-0.2, -0.15) is 13.2 Å². The van der Waals surface area contributed by atoms with Crippen molar-refractivity contribution in [2.24, 2.45) is 0 Å². The van der Waals surface area contributed by atoms with Gasteiger partial charge in [-0.25, -0.2) is 0 Å². The monoisotopic (exact) mass is 383 g/mol. The predicted octanol–water partition coefficient (Wildman–Crippen LogP) is 4.47. The average Bonchev–Trinajstić information content (AvgIpc) is 3.25. The van der Waals surface area contributed by atoms with Crippen molar-refractivity contribution in [3.63, 3.8) is 0 Å². The van der Waals surface area contributed by atoms with Crippen LogP contribution in [-0.2, 0) is 11.0 Å². The Morgan fingerprint density at radius 3 is 2.65 bits per heavy atom. The first-order chi connectivity index (χ1) is 12.3. The highest BCUT2D eigenvalue weighted by molar-refractivity contribution is 8.00. The second kappa shape index (κ2) is 7.24. The minimum absolute atomic E-state index is 0.100. The maximum absolute atomic E-state index is 13.0. The summed E-state index contributed by atoms with van der Waals surface area (Å²) < 4.78 is 49.4. The molecule has 2 heterocycles. The number of nitrogens with zero attached hydrogens (tertiary/aromatic N) is 2. The number of halogens is 3. The molecule has 0 saturated carbocycles. The van der Waals surface area contributed by atoms with Crippen LogP contribution in [0.2, 0.25) is 0 Å². The summed E-state index contributed by atoms with van der Waals surface area (Å²) in [5, 5.41) is 9.20. The van der Waals surface area contributed by atoms with Crippen molar-refractivity contribution < 1.29 is 26.8 Å². The van der Waals surface area contributed by atoms with Crippen LogP contribution < -0.4 is 5.32 Å². The van der Waals surface area contributed by atoms with Crippen LogP contribution in [0.15, 0.2) is 56.7 Å². The fourth-order valence-corrected chi connectivity index (χ4v) is 2.72. The molecule has 0 saturated heterocycles. The first-order valence-corrected chi connectivity index (χ1v) is 8.23. The standard InChI is InChI=1S/C16H12F3N3O3S/c1-9(26-15-22-21-14(25-15)12-7-4-8-24-12)13(23)20-11-6-3-2-5-10(11)16(17,18)19/h2-9H,1H3,(H,20,23)/t9-/m0/s1. The topological polar surface area (TPSA) is 81.2 Å². The molecule has 26 heavy (non-hydrogen) atoms. The maximum Gasteiger partial charge on any atom is 0.418 e. The summed E-state index contributed by atoms with van der Waals surface area (Å²) in [6.45, 7) is 1.52. The molecule has 0 radical (unpaired) electrons. The largest absolute Gasteiger partial charge is 0.459 e. The average molecular weight is 383 g/mol. The van der Waals surface area contributed by atoms with Gasteiger partial charge >= 0.3 is 6.18 Å². The molecule has 6 nitrogen and oxygen atoms in total. The van der Waals surface area contributed by atoms with Crippen LogP contribution in [0, 0.1) is 0 Å². The molecular formula is C16H12F3N3O3S. The van der Waals surface area contributed by atoms with Crippen LogP contribution in [0.5, 0.6) is 0 Å². The first-order valence-electron chi connectivity index (χ1n) is 7.35. The number of furan rings is 1. The molecule has 0 aliphatic rings. The Hall–Kier alpha value is -2.75. The molecule has 3 rings (SSSR count). The zero-order valence-electron chi connectivity index (χ0n) is 13.3. The summed E-state index contributed by atoms with van der Waals surface area (Å²) in [6.07, 6.45) is -3.12. The molecule has 0 fully saturated rings. The van der Waals surface area contributed by atoms with E-state index in [2.05, 4.69) is 15.5 Å². The van der Waals surface area contributed by atoms with E-state index in [9.17, 15) is 18.0 Å². The van der Waals surface area contributed by atoms with Crippen LogP contribution in [0.25, 0.3) is 11.7 Å². The van der Waals surface area contributed by atoms with Crippen molar-refractivity contribution in [2.75, 3.05) is 5.32 Å². The Labute approximate surface area is 149 Å². The molecule has 0 spiro atoms. The quantitative estimate of drug-likeness (QED) is 0.655. The van der Waals surface area contributed by atoms with Crippen LogP contribution >= 0.6 is 11.8 Å². The third-order valence-corrected chi connectivity index (χ3v) is 4.21. The molecular weight excluding hydrogens is 371 g/mol. The number of carbonyl (C=O) groups excluding carboxylic acids is 1. The van der Waals surface area contributed by atoms with Gasteiger partial charge in [0.1, 0.15) is 0 Å². The van der Waals surface area contributed by atoms with E-state index < -0.39 is 22.9 Å². The van der Waals surface area contributed by atoms with E-state index in [1.165, 1.54) is 31.4 Å². The Morgan fingerprint density at radius 1 is 1.19 bits per heavy atom. The van der Waals surface area contributed by atoms with Gasteiger partial charge in [0.2, 0.25) is 5.91 Å². The third-order valence-electron chi connectivity index (χ3n) is 3.28. The van der Waals surface area contributed by atoms with Crippen molar-refractivity contribution in [3.8, 4) is 11.7 Å². The van der Waals surface area contributed by atoms with Gasteiger partial charge in [-0.1, -0.05) is 23.9 Å². The number of nitrogens with one attached hydrogen (secondary N) is 1. The van der Waals surface area contributed by atoms with Crippen molar-refractivity contribution in [1.82, 2.24) is 10.2 Å². The number of anilines is 1. The number of benzene rings is 1. The van der Waals surface area contributed by atoms with Crippen LogP contribution in [0.3, 0.4) is 0 Å². The predicted molar refractivity (Wildman–Crippen MR) is 87.4 cm³/mol. The number of hydrogen-bond acceptors (Lipinski definition) is 6. The van der Waals surface area contributed by atoms with Gasteiger partial charge < -0.3 is 14.2 Å². The molecule has 1 amide bonds. The van der Waals surface area contributed by atoms with E-state index in [4.69, 9.17) is 8.83 Å². The number of aromatic nitrogens is 2.